The van der Waals surface area contributed by atoms with Crippen molar-refractivity contribution in [3.63, 3.8) is 0 Å². The highest BCUT2D eigenvalue weighted by molar-refractivity contribution is 6.20. The first-order chi connectivity index (χ1) is 25.1. The Balaban J connectivity index is 0.952. The van der Waals surface area contributed by atoms with Gasteiger partial charge in [-0.05, 0) is 77.6 Å². The Hall–Kier alpha value is -6.26. The van der Waals surface area contributed by atoms with Gasteiger partial charge in [0.15, 0.2) is 6.23 Å². The van der Waals surface area contributed by atoms with E-state index in [1.165, 1.54) is 38.9 Å². The molecule has 3 aliphatic rings. The minimum Gasteiger partial charge on any atom is -0.469 e. The van der Waals surface area contributed by atoms with Crippen LogP contribution in [0.3, 0.4) is 0 Å². The second-order valence-electron chi connectivity index (χ2n) is 14.3. The minimum atomic E-state index is -0.145. The third-order valence-corrected chi connectivity index (χ3v) is 11.3. The number of benzene rings is 6. The number of furan rings is 1. The zero-order valence-corrected chi connectivity index (χ0v) is 28.2. The highest BCUT2D eigenvalue weighted by Gasteiger charge is 2.51. The second kappa shape index (κ2) is 10.6. The lowest BCUT2D eigenvalue weighted by atomic mass is 9.90. The highest BCUT2D eigenvalue weighted by atomic mass is 16.5. The first kappa shape index (κ1) is 28.6. The second-order valence-corrected chi connectivity index (χ2v) is 14.3. The predicted octanol–water partition coefficient (Wildman–Crippen LogP) is 11.8. The summed E-state index contributed by atoms with van der Waals surface area (Å²) >= 11 is 0. The molecule has 2 unspecified atom stereocenters. The molecule has 3 atom stereocenters. The Kier molecular flexibility index (Phi) is 5.95. The molecule has 8 aromatic rings. The number of rotatable bonds is 4. The smallest absolute Gasteiger partial charge is 0.213 e. The number of hydrogen-bond acceptors (Lipinski definition) is 3. The van der Waals surface area contributed by atoms with Gasteiger partial charge < -0.3 is 14.1 Å². The first-order valence-corrected chi connectivity index (χ1v) is 17.8. The third kappa shape index (κ3) is 4.14. The summed E-state index contributed by atoms with van der Waals surface area (Å²) in [7, 11) is 0. The fourth-order valence-corrected chi connectivity index (χ4v) is 8.87. The van der Waals surface area contributed by atoms with Crippen molar-refractivity contribution in [2.75, 3.05) is 4.90 Å². The van der Waals surface area contributed by atoms with Crippen LogP contribution in [0.5, 0.6) is 5.75 Å². The summed E-state index contributed by atoms with van der Waals surface area (Å²) in [5.41, 5.74) is 12.4. The van der Waals surface area contributed by atoms with Crippen molar-refractivity contribution in [2.24, 2.45) is 0 Å². The zero-order valence-electron chi connectivity index (χ0n) is 28.2. The Labute approximate surface area is 296 Å². The normalized spacial score (nSPS) is 20.2. The van der Waals surface area contributed by atoms with E-state index in [0.29, 0.717) is 0 Å². The van der Waals surface area contributed by atoms with E-state index in [9.17, 15) is 0 Å². The van der Waals surface area contributed by atoms with Gasteiger partial charge in [0.2, 0.25) is 5.71 Å². The molecule has 51 heavy (non-hydrogen) atoms. The number of fused-ring (bicyclic) bond motifs is 10. The lowest BCUT2D eigenvalue weighted by Gasteiger charge is -2.42. The van der Waals surface area contributed by atoms with Crippen LogP contribution in [0.4, 0.5) is 5.69 Å². The number of ether oxygens (including phenoxy) is 1. The summed E-state index contributed by atoms with van der Waals surface area (Å²) in [5.74, 6) is 1.17. The van der Waals surface area contributed by atoms with Crippen LogP contribution in [-0.2, 0) is 0 Å². The van der Waals surface area contributed by atoms with E-state index in [-0.39, 0.29) is 17.7 Å². The molecule has 0 radical (unpaired) electrons. The van der Waals surface area contributed by atoms with Gasteiger partial charge in [-0.3, -0.25) is 4.57 Å². The van der Waals surface area contributed by atoms with Gasteiger partial charge in [0, 0.05) is 27.7 Å². The Morgan fingerprint density at radius 2 is 1.37 bits per heavy atom. The summed E-state index contributed by atoms with van der Waals surface area (Å²) < 4.78 is 15.6. The summed E-state index contributed by atoms with van der Waals surface area (Å²) in [5, 5.41) is 3.48. The van der Waals surface area contributed by atoms with E-state index < -0.39 is 0 Å². The number of anilines is 1. The molecule has 0 bridgehead atoms. The summed E-state index contributed by atoms with van der Waals surface area (Å²) in [6, 6.07) is 50.1. The van der Waals surface area contributed by atoms with Crippen LogP contribution >= 0.6 is 0 Å². The lowest BCUT2D eigenvalue weighted by molar-refractivity contribution is 0.197. The molecule has 0 amide bonds. The Bertz CT molecular complexity index is 2730. The fraction of sp³-hybridized carbons (Fsp3) is 0.106. The number of hydrogen-bond donors (Lipinski definition) is 0. The molecule has 2 aromatic heterocycles. The standard InChI is InChI=1S/C47H34N2O2/c1-47(26-10-3-11-27-47)49-39-16-8-6-14-35(39)44-38-25-23-33(29-42(38)51-46(44)49)31-20-18-30(19-21-31)32-22-24-36-40(28-32)48(34-12-4-2-5-13-34)45-43(36)37-15-7-9-17-41(37)50-45/h2-26,28-29,44,46H,27H2,1H3/t44?,46?,47-/m1/s1. The zero-order chi connectivity index (χ0) is 33.7. The average molecular weight is 659 g/mol. The van der Waals surface area contributed by atoms with Crippen LogP contribution in [0.2, 0.25) is 0 Å². The van der Waals surface area contributed by atoms with E-state index in [0.717, 1.165) is 51.0 Å². The lowest BCUT2D eigenvalue weighted by Crippen LogP contribution is -2.51. The van der Waals surface area contributed by atoms with Crippen LogP contribution in [0.25, 0.3) is 60.9 Å². The summed E-state index contributed by atoms with van der Waals surface area (Å²) in [4.78, 5) is 2.51. The average Bonchev–Trinajstić information content (AvgIpc) is 3.91. The van der Waals surface area contributed by atoms with E-state index >= 15 is 0 Å². The molecule has 1 aliphatic carbocycles. The molecule has 0 spiro atoms. The Morgan fingerprint density at radius 3 is 2.20 bits per heavy atom. The van der Waals surface area contributed by atoms with Gasteiger partial charge in [0.05, 0.1) is 22.4 Å². The first-order valence-electron chi connectivity index (χ1n) is 17.8. The third-order valence-electron chi connectivity index (χ3n) is 11.3. The summed E-state index contributed by atoms with van der Waals surface area (Å²) in [6.07, 6.45) is 9.78. The molecule has 0 fully saturated rings. The van der Waals surface area contributed by atoms with Crippen LogP contribution in [-0.4, -0.2) is 16.3 Å². The van der Waals surface area contributed by atoms with Gasteiger partial charge in [-0.25, -0.2) is 0 Å². The van der Waals surface area contributed by atoms with Crippen molar-refractivity contribution in [2.45, 2.75) is 31.0 Å². The van der Waals surface area contributed by atoms with E-state index in [1.54, 1.807) is 0 Å². The molecule has 4 nitrogen and oxygen atoms in total. The molecule has 0 saturated carbocycles. The molecular formula is C47H34N2O2. The number of para-hydroxylation sites is 3. The maximum absolute atomic E-state index is 6.89. The van der Waals surface area contributed by atoms with Crippen LogP contribution in [0, 0.1) is 0 Å². The van der Waals surface area contributed by atoms with Crippen LogP contribution in [0.15, 0.2) is 168 Å². The van der Waals surface area contributed by atoms with E-state index in [2.05, 4.69) is 168 Å². The molecule has 0 N–H and O–H groups in total. The van der Waals surface area contributed by atoms with Crippen molar-refractivity contribution in [3.8, 4) is 33.7 Å². The topological polar surface area (TPSA) is 30.5 Å². The largest absolute Gasteiger partial charge is 0.469 e. The van der Waals surface area contributed by atoms with Crippen molar-refractivity contribution in [1.82, 2.24) is 4.57 Å². The van der Waals surface area contributed by atoms with Crippen molar-refractivity contribution < 1.29 is 9.15 Å². The molecule has 0 saturated heterocycles. The van der Waals surface area contributed by atoms with Gasteiger partial charge in [-0.1, -0.05) is 127 Å². The SMILES string of the molecule is C[C@@]1(N2c3ccccc3C3c4ccc(-c5ccc(-c6ccc7c8c9ccccc9oc8n(-c8ccccc8)c7c6)cc5)cc4OC32)C=CC=CC1. The van der Waals surface area contributed by atoms with Crippen molar-refractivity contribution in [1.29, 1.82) is 0 Å². The monoisotopic (exact) mass is 658 g/mol. The van der Waals surface area contributed by atoms with Gasteiger partial charge in [-0.2, -0.15) is 0 Å². The van der Waals surface area contributed by atoms with Gasteiger partial charge in [0.25, 0.3) is 0 Å². The van der Waals surface area contributed by atoms with Crippen molar-refractivity contribution >= 4 is 38.7 Å². The fourth-order valence-electron chi connectivity index (χ4n) is 8.87. The molecule has 2 aliphatic heterocycles. The molecule has 4 heterocycles. The van der Waals surface area contributed by atoms with Gasteiger partial charge in [-0.15, -0.1) is 0 Å². The maximum atomic E-state index is 6.89. The molecule has 4 heteroatoms. The molecular weight excluding hydrogens is 625 g/mol. The highest BCUT2D eigenvalue weighted by Crippen LogP contribution is 2.55. The number of nitrogens with zero attached hydrogens (tertiary/aromatic N) is 2. The van der Waals surface area contributed by atoms with Gasteiger partial charge in [0.1, 0.15) is 11.3 Å². The quantitative estimate of drug-likeness (QED) is 0.189. The number of aromatic nitrogens is 1. The van der Waals surface area contributed by atoms with Gasteiger partial charge >= 0.3 is 0 Å². The van der Waals surface area contributed by atoms with Crippen molar-refractivity contribution in [3.05, 3.63) is 175 Å². The molecule has 11 rings (SSSR count). The summed E-state index contributed by atoms with van der Waals surface area (Å²) in [6.45, 7) is 2.32. The number of allylic oxidation sites excluding steroid dienone is 2. The minimum absolute atomic E-state index is 0.0684. The Morgan fingerprint density at radius 1 is 0.647 bits per heavy atom. The van der Waals surface area contributed by atoms with Crippen LogP contribution < -0.4 is 9.64 Å². The maximum Gasteiger partial charge on any atom is 0.213 e. The molecule has 6 aromatic carbocycles. The van der Waals surface area contributed by atoms with Crippen LogP contribution in [0.1, 0.15) is 30.4 Å². The molecule has 244 valence electrons. The van der Waals surface area contributed by atoms with E-state index in [1.807, 2.05) is 12.1 Å². The predicted molar refractivity (Wildman–Crippen MR) is 208 cm³/mol. The van der Waals surface area contributed by atoms with E-state index in [4.69, 9.17) is 9.15 Å².